The monoisotopic (exact) mass is 357 g/mol. The predicted molar refractivity (Wildman–Crippen MR) is 79.8 cm³/mol. The van der Waals surface area contributed by atoms with Crippen molar-refractivity contribution in [3.05, 3.63) is 27.3 Å². The van der Waals surface area contributed by atoms with Crippen LogP contribution in [0.25, 0.3) is 0 Å². The lowest BCUT2D eigenvalue weighted by Crippen LogP contribution is -2.36. The summed E-state index contributed by atoms with van der Waals surface area (Å²) in [6.07, 6.45) is 1.03. The first-order valence-electron chi connectivity index (χ1n) is 5.94. The van der Waals surface area contributed by atoms with Crippen LogP contribution in [0.15, 0.2) is 18.2 Å². The maximum Gasteiger partial charge on any atom is 0.237 e. The number of hydrogen-bond acceptors (Lipinski definition) is 2. The summed E-state index contributed by atoms with van der Waals surface area (Å²) in [6.45, 7) is 3.51. The van der Waals surface area contributed by atoms with Crippen LogP contribution < -0.4 is 4.90 Å². The molecule has 2 rings (SSSR count). The summed E-state index contributed by atoms with van der Waals surface area (Å²) in [7, 11) is 1.80. The Kier molecular flexibility index (Phi) is 3.49. The molecule has 0 aliphatic carbocycles. The molecule has 1 heterocycles. The molecule has 1 amide bonds. The summed E-state index contributed by atoms with van der Waals surface area (Å²) in [6, 6.07) is 6.03. The van der Waals surface area contributed by atoms with E-state index >= 15 is 0 Å². The molecule has 0 bridgehead atoms. The highest BCUT2D eigenvalue weighted by Gasteiger charge is 2.45. The van der Waals surface area contributed by atoms with Crippen molar-refractivity contribution in [2.45, 2.75) is 32.1 Å². The van der Waals surface area contributed by atoms with Crippen LogP contribution in [0.1, 0.15) is 32.3 Å². The molecule has 18 heavy (non-hydrogen) atoms. The van der Waals surface area contributed by atoms with Gasteiger partial charge in [0.05, 0.1) is 5.41 Å². The highest BCUT2D eigenvalue weighted by atomic mass is 127. The number of carbonyl (C=O) groups excluding carboxylic acids is 2. The van der Waals surface area contributed by atoms with Gasteiger partial charge in [-0.15, -0.1) is 0 Å². The fourth-order valence-corrected chi connectivity index (χ4v) is 3.00. The van der Waals surface area contributed by atoms with Crippen molar-refractivity contribution in [3.63, 3.8) is 0 Å². The first-order chi connectivity index (χ1) is 8.36. The smallest absolute Gasteiger partial charge is 0.237 e. The number of hydrogen-bond donors (Lipinski definition) is 0. The zero-order valence-electron chi connectivity index (χ0n) is 10.8. The van der Waals surface area contributed by atoms with Gasteiger partial charge in [-0.3, -0.25) is 4.79 Å². The van der Waals surface area contributed by atoms with Crippen LogP contribution in [0.2, 0.25) is 0 Å². The number of anilines is 1. The molecule has 1 aromatic carbocycles. The average molecular weight is 357 g/mol. The predicted octanol–water partition coefficient (Wildman–Crippen LogP) is 2.89. The molecule has 1 aliphatic heterocycles. The number of rotatable bonds is 3. The van der Waals surface area contributed by atoms with Gasteiger partial charge in [-0.2, -0.15) is 0 Å². The molecule has 0 unspecified atom stereocenters. The number of fused-ring (bicyclic) bond motifs is 1. The van der Waals surface area contributed by atoms with E-state index in [0.717, 1.165) is 14.8 Å². The van der Waals surface area contributed by atoms with Gasteiger partial charge in [0.1, 0.15) is 5.78 Å². The van der Waals surface area contributed by atoms with Crippen molar-refractivity contribution >= 4 is 40.0 Å². The van der Waals surface area contributed by atoms with Crippen LogP contribution in [0.4, 0.5) is 5.69 Å². The summed E-state index contributed by atoms with van der Waals surface area (Å²) in [5.74, 6) is 0.214. The van der Waals surface area contributed by atoms with E-state index in [-0.39, 0.29) is 11.7 Å². The van der Waals surface area contributed by atoms with Gasteiger partial charge in [0.25, 0.3) is 0 Å². The van der Waals surface area contributed by atoms with Crippen LogP contribution in [0, 0.1) is 3.57 Å². The first kappa shape index (κ1) is 13.5. The minimum Gasteiger partial charge on any atom is -0.314 e. The molecular weight excluding hydrogens is 341 g/mol. The minimum absolute atomic E-state index is 0.0840. The number of benzene rings is 1. The molecule has 0 saturated heterocycles. The van der Waals surface area contributed by atoms with E-state index in [1.165, 1.54) is 0 Å². The first-order valence-corrected chi connectivity index (χ1v) is 7.02. The Morgan fingerprint density at radius 3 is 2.72 bits per heavy atom. The molecule has 0 spiro atoms. The number of likely N-dealkylation sites (N-methyl/N-ethyl adjacent to an activating group) is 1. The van der Waals surface area contributed by atoms with Crippen LogP contribution in [-0.4, -0.2) is 18.7 Å². The largest absolute Gasteiger partial charge is 0.314 e. The fourth-order valence-electron chi connectivity index (χ4n) is 2.51. The van der Waals surface area contributed by atoms with Crippen molar-refractivity contribution in [1.29, 1.82) is 0 Å². The second-order valence-corrected chi connectivity index (χ2v) is 6.31. The van der Waals surface area contributed by atoms with Gasteiger partial charge in [0.15, 0.2) is 0 Å². The van der Waals surface area contributed by atoms with Gasteiger partial charge >= 0.3 is 0 Å². The number of halogens is 1. The van der Waals surface area contributed by atoms with E-state index in [1.807, 2.05) is 19.1 Å². The Morgan fingerprint density at radius 2 is 2.11 bits per heavy atom. The maximum atomic E-state index is 12.4. The third-order valence-electron chi connectivity index (χ3n) is 3.67. The van der Waals surface area contributed by atoms with E-state index in [9.17, 15) is 9.59 Å². The molecule has 1 atom stereocenters. The van der Waals surface area contributed by atoms with Crippen LogP contribution in [0.3, 0.4) is 0 Å². The number of amides is 1. The van der Waals surface area contributed by atoms with Crippen molar-refractivity contribution in [2.75, 3.05) is 11.9 Å². The molecule has 0 saturated carbocycles. The van der Waals surface area contributed by atoms with Crippen molar-refractivity contribution < 1.29 is 9.59 Å². The lowest BCUT2D eigenvalue weighted by molar-refractivity contribution is -0.123. The van der Waals surface area contributed by atoms with Gasteiger partial charge in [-0.1, -0.05) is 0 Å². The SMILES string of the molecule is CC(=O)CC[C@]1(C)C(=O)N(C)c2ccc(I)cc21. The molecular formula is C14H16INO2. The van der Waals surface area contributed by atoms with Crippen molar-refractivity contribution in [2.24, 2.45) is 0 Å². The Bertz CT molecular complexity index is 527. The average Bonchev–Trinajstić information content (AvgIpc) is 2.50. The molecule has 1 aromatic rings. The van der Waals surface area contributed by atoms with E-state index in [2.05, 4.69) is 28.7 Å². The molecule has 96 valence electrons. The van der Waals surface area contributed by atoms with Gasteiger partial charge in [-0.25, -0.2) is 0 Å². The van der Waals surface area contributed by atoms with E-state index in [4.69, 9.17) is 0 Å². The second-order valence-electron chi connectivity index (χ2n) is 5.06. The van der Waals surface area contributed by atoms with Crippen LogP contribution >= 0.6 is 22.6 Å². The normalized spacial score (nSPS) is 22.2. The van der Waals surface area contributed by atoms with E-state index in [1.54, 1.807) is 18.9 Å². The quantitative estimate of drug-likeness (QED) is 0.781. The number of ketones is 1. The molecule has 0 radical (unpaired) electrons. The Balaban J connectivity index is 2.46. The summed E-state index contributed by atoms with van der Waals surface area (Å²) in [5, 5.41) is 0. The topological polar surface area (TPSA) is 37.4 Å². The van der Waals surface area contributed by atoms with E-state index in [0.29, 0.717) is 12.8 Å². The highest BCUT2D eigenvalue weighted by molar-refractivity contribution is 14.1. The summed E-state index contributed by atoms with van der Waals surface area (Å²) < 4.78 is 1.11. The number of Topliss-reactive ketones (excluding diaryl/α,β-unsaturated/α-hetero) is 1. The standard InChI is InChI=1S/C14H16INO2/c1-9(17)6-7-14(2)11-8-10(15)4-5-12(11)16(3)13(14)18/h4-5,8H,6-7H2,1-3H3/t14-/m0/s1. The Morgan fingerprint density at radius 1 is 1.44 bits per heavy atom. The maximum absolute atomic E-state index is 12.4. The summed E-state index contributed by atoms with van der Waals surface area (Å²) in [4.78, 5) is 25.3. The third kappa shape index (κ3) is 2.06. The van der Waals surface area contributed by atoms with Gasteiger partial charge in [0, 0.05) is 22.7 Å². The lowest BCUT2D eigenvalue weighted by Gasteiger charge is -2.22. The number of nitrogens with zero attached hydrogens (tertiary/aromatic N) is 1. The van der Waals surface area contributed by atoms with Crippen molar-refractivity contribution in [1.82, 2.24) is 0 Å². The van der Waals surface area contributed by atoms with Gasteiger partial charge in [-0.05, 0) is 66.6 Å². The van der Waals surface area contributed by atoms with Crippen molar-refractivity contribution in [3.8, 4) is 0 Å². The van der Waals surface area contributed by atoms with Crippen LogP contribution in [-0.2, 0) is 15.0 Å². The summed E-state index contributed by atoms with van der Waals surface area (Å²) >= 11 is 2.25. The lowest BCUT2D eigenvalue weighted by atomic mass is 9.79. The van der Waals surface area contributed by atoms with Crippen LogP contribution in [0.5, 0.6) is 0 Å². The molecule has 4 heteroatoms. The molecule has 0 N–H and O–H groups in total. The van der Waals surface area contributed by atoms with E-state index < -0.39 is 5.41 Å². The zero-order valence-corrected chi connectivity index (χ0v) is 12.9. The minimum atomic E-state index is -0.559. The van der Waals surface area contributed by atoms with Gasteiger partial charge < -0.3 is 9.69 Å². The third-order valence-corrected chi connectivity index (χ3v) is 4.34. The molecule has 3 nitrogen and oxygen atoms in total. The Hall–Kier alpha value is -0.910. The molecule has 0 aromatic heterocycles. The fraction of sp³-hybridized carbons (Fsp3) is 0.429. The van der Waals surface area contributed by atoms with Gasteiger partial charge in [0.2, 0.25) is 5.91 Å². The Labute approximate surface area is 121 Å². The molecule has 0 fully saturated rings. The zero-order chi connectivity index (χ0) is 13.5. The second kappa shape index (κ2) is 4.64. The number of carbonyl (C=O) groups is 2. The highest BCUT2D eigenvalue weighted by Crippen LogP contribution is 2.44. The summed E-state index contributed by atoms with van der Waals surface area (Å²) in [5.41, 5.74) is 1.45. The molecule has 1 aliphatic rings.